The molecule has 0 spiro atoms. The fourth-order valence-electron chi connectivity index (χ4n) is 2.34. The summed E-state index contributed by atoms with van der Waals surface area (Å²) < 4.78 is 35.5. The SMILES string of the molecule is FC(F)(F)CONC1CCN2CCC1C2. The maximum atomic E-state index is 11.8. The molecule has 2 saturated heterocycles. The van der Waals surface area contributed by atoms with Gasteiger partial charge in [-0.25, -0.2) is 0 Å². The molecule has 1 N–H and O–H groups in total. The van der Waals surface area contributed by atoms with Crippen LogP contribution < -0.4 is 5.48 Å². The maximum absolute atomic E-state index is 11.8. The average molecular weight is 224 g/mol. The van der Waals surface area contributed by atoms with E-state index in [-0.39, 0.29) is 6.04 Å². The van der Waals surface area contributed by atoms with Crippen LogP contribution in [0.2, 0.25) is 0 Å². The van der Waals surface area contributed by atoms with Gasteiger partial charge in [0.05, 0.1) is 0 Å². The van der Waals surface area contributed by atoms with Gasteiger partial charge in [-0.05, 0) is 31.8 Å². The van der Waals surface area contributed by atoms with Crippen molar-refractivity contribution < 1.29 is 18.0 Å². The fourth-order valence-corrected chi connectivity index (χ4v) is 2.34. The molecule has 0 aliphatic carbocycles. The molecule has 0 saturated carbocycles. The maximum Gasteiger partial charge on any atom is 0.413 e. The van der Waals surface area contributed by atoms with Crippen molar-refractivity contribution in [3.8, 4) is 0 Å². The van der Waals surface area contributed by atoms with Crippen LogP contribution in [-0.2, 0) is 4.84 Å². The number of piperidine rings is 1. The molecule has 2 heterocycles. The number of hydrogen-bond donors (Lipinski definition) is 1. The Morgan fingerprint density at radius 3 is 2.73 bits per heavy atom. The van der Waals surface area contributed by atoms with Gasteiger partial charge in [-0.2, -0.15) is 18.7 Å². The second-order valence-electron chi connectivity index (χ2n) is 4.27. The predicted molar refractivity (Wildman–Crippen MR) is 48.1 cm³/mol. The second-order valence-corrected chi connectivity index (χ2v) is 4.27. The molecule has 2 bridgehead atoms. The largest absolute Gasteiger partial charge is 0.413 e. The summed E-state index contributed by atoms with van der Waals surface area (Å²) in [6.07, 6.45) is -2.31. The van der Waals surface area contributed by atoms with E-state index >= 15 is 0 Å². The lowest BCUT2D eigenvalue weighted by molar-refractivity contribution is -0.195. The Hall–Kier alpha value is -0.330. The van der Waals surface area contributed by atoms with Gasteiger partial charge in [0, 0.05) is 12.6 Å². The molecule has 15 heavy (non-hydrogen) atoms. The summed E-state index contributed by atoms with van der Waals surface area (Å²) in [4.78, 5) is 6.83. The smallest absolute Gasteiger partial charge is 0.303 e. The van der Waals surface area contributed by atoms with Gasteiger partial charge >= 0.3 is 6.18 Å². The van der Waals surface area contributed by atoms with Crippen molar-refractivity contribution >= 4 is 0 Å². The highest BCUT2D eigenvalue weighted by Gasteiger charge is 2.35. The van der Waals surface area contributed by atoms with Crippen molar-refractivity contribution in [2.24, 2.45) is 5.92 Å². The number of halogens is 3. The molecule has 3 atom stereocenters. The molecule has 0 aromatic rings. The molecule has 2 rings (SSSR count). The molecule has 3 unspecified atom stereocenters. The van der Waals surface area contributed by atoms with Crippen LogP contribution in [0.4, 0.5) is 13.2 Å². The van der Waals surface area contributed by atoms with Crippen LogP contribution in [0.15, 0.2) is 0 Å². The van der Waals surface area contributed by atoms with Crippen LogP contribution in [0.1, 0.15) is 12.8 Å². The van der Waals surface area contributed by atoms with Crippen LogP contribution in [0, 0.1) is 5.92 Å². The van der Waals surface area contributed by atoms with Crippen LogP contribution in [-0.4, -0.2) is 43.4 Å². The van der Waals surface area contributed by atoms with E-state index in [9.17, 15) is 13.2 Å². The standard InChI is InChI=1S/C9H15F3N2O/c10-9(11,12)6-15-13-8-2-4-14-3-1-7(8)5-14/h7-8,13H,1-6H2. The van der Waals surface area contributed by atoms with Crippen LogP contribution in [0.5, 0.6) is 0 Å². The first kappa shape index (κ1) is 11.2. The first-order valence-electron chi connectivity index (χ1n) is 5.21. The Morgan fingerprint density at radius 2 is 2.00 bits per heavy atom. The zero-order chi connectivity index (χ0) is 10.9. The van der Waals surface area contributed by atoms with Crippen molar-refractivity contribution in [2.75, 3.05) is 26.2 Å². The molecular formula is C9H15F3N2O. The molecule has 2 aliphatic rings. The lowest BCUT2D eigenvalue weighted by atomic mass is 9.95. The van der Waals surface area contributed by atoms with E-state index in [0.717, 1.165) is 32.5 Å². The van der Waals surface area contributed by atoms with Gasteiger partial charge in [0.1, 0.15) is 0 Å². The van der Waals surface area contributed by atoms with E-state index in [1.54, 1.807) is 0 Å². The summed E-state index contributed by atoms with van der Waals surface area (Å²) in [5.41, 5.74) is 2.56. The molecule has 2 fully saturated rings. The van der Waals surface area contributed by atoms with Gasteiger partial charge in [0.2, 0.25) is 0 Å². The van der Waals surface area contributed by atoms with Crippen molar-refractivity contribution in [3.63, 3.8) is 0 Å². The Labute approximate surface area is 86.5 Å². The van der Waals surface area contributed by atoms with Gasteiger partial charge in [0.15, 0.2) is 6.61 Å². The first-order valence-corrected chi connectivity index (χ1v) is 5.21. The molecule has 2 aliphatic heterocycles. The lowest BCUT2D eigenvalue weighted by Gasteiger charge is -2.30. The number of hydroxylamine groups is 1. The predicted octanol–water partition coefficient (Wildman–Crippen LogP) is 1.16. The minimum atomic E-state index is -4.25. The summed E-state index contributed by atoms with van der Waals surface area (Å²) in [7, 11) is 0. The van der Waals surface area contributed by atoms with Gasteiger partial charge < -0.3 is 4.90 Å². The molecule has 0 aromatic carbocycles. The van der Waals surface area contributed by atoms with E-state index in [1.807, 2.05) is 0 Å². The Kier molecular flexibility index (Phi) is 3.18. The summed E-state index contributed by atoms with van der Waals surface area (Å²) >= 11 is 0. The van der Waals surface area contributed by atoms with Crippen molar-refractivity contribution in [1.29, 1.82) is 0 Å². The van der Waals surface area contributed by atoms with Gasteiger partial charge in [-0.3, -0.25) is 4.84 Å². The fraction of sp³-hybridized carbons (Fsp3) is 1.00. The van der Waals surface area contributed by atoms with E-state index in [2.05, 4.69) is 15.2 Å². The first-order chi connectivity index (χ1) is 7.04. The molecule has 0 amide bonds. The van der Waals surface area contributed by atoms with Gasteiger partial charge in [-0.15, -0.1) is 0 Å². The molecular weight excluding hydrogens is 209 g/mol. The number of hydrogen-bond acceptors (Lipinski definition) is 3. The average Bonchev–Trinajstić information content (AvgIpc) is 2.51. The van der Waals surface area contributed by atoms with Crippen molar-refractivity contribution in [3.05, 3.63) is 0 Å². The highest BCUT2D eigenvalue weighted by Crippen LogP contribution is 2.27. The lowest BCUT2D eigenvalue weighted by Crippen LogP contribution is -2.44. The number of nitrogens with zero attached hydrogens (tertiary/aromatic N) is 1. The minimum Gasteiger partial charge on any atom is -0.303 e. The number of rotatable bonds is 3. The molecule has 3 nitrogen and oxygen atoms in total. The third-order valence-corrected chi connectivity index (χ3v) is 3.10. The van der Waals surface area contributed by atoms with Crippen LogP contribution >= 0.6 is 0 Å². The minimum absolute atomic E-state index is 0.0890. The van der Waals surface area contributed by atoms with E-state index in [0.29, 0.717) is 5.92 Å². The van der Waals surface area contributed by atoms with E-state index in [1.165, 1.54) is 0 Å². The monoisotopic (exact) mass is 224 g/mol. The van der Waals surface area contributed by atoms with E-state index in [4.69, 9.17) is 0 Å². The Bertz CT molecular complexity index is 222. The van der Waals surface area contributed by atoms with Crippen LogP contribution in [0.3, 0.4) is 0 Å². The Balaban J connectivity index is 1.71. The van der Waals surface area contributed by atoms with Gasteiger partial charge in [0.25, 0.3) is 0 Å². The summed E-state index contributed by atoms with van der Waals surface area (Å²) in [6, 6.07) is 0.0890. The number of nitrogens with one attached hydrogen (secondary N) is 1. The van der Waals surface area contributed by atoms with E-state index < -0.39 is 12.8 Å². The summed E-state index contributed by atoms with van der Waals surface area (Å²) in [6.45, 7) is 1.82. The normalized spacial score (nSPS) is 35.8. The van der Waals surface area contributed by atoms with Crippen molar-refractivity contribution in [1.82, 2.24) is 10.4 Å². The molecule has 0 radical (unpaired) electrons. The highest BCUT2D eigenvalue weighted by atomic mass is 19.4. The molecule has 88 valence electrons. The molecule has 6 heteroatoms. The zero-order valence-electron chi connectivity index (χ0n) is 8.39. The second kappa shape index (κ2) is 4.27. The number of fused-ring (bicyclic) bond motifs is 2. The zero-order valence-corrected chi connectivity index (χ0v) is 8.39. The third kappa shape index (κ3) is 3.06. The number of alkyl halides is 3. The summed E-state index contributed by atoms with van der Waals surface area (Å²) in [5.74, 6) is 0.451. The third-order valence-electron chi connectivity index (χ3n) is 3.10. The Morgan fingerprint density at radius 1 is 1.27 bits per heavy atom. The quantitative estimate of drug-likeness (QED) is 0.728. The summed E-state index contributed by atoms with van der Waals surface area (Å²) in [5, 5.41) is 0. The molecule has 0 aromatic heterocycles. The van der Waals surface area contributed by atoms with Crippen LogP contribution in [0.25, 0.3) is 0 Å². The van der Waals surface area contributed by atoms with Crippen molar-refractivity contribution in [2.45, 2.75) is 25.1 Å². The highest BCUT2D eigenvalue weighted by molar-refractivity contribution is 4.89. The topological polar surface area (TPSA) is 24.5 Å². The van der Waals surface area contributed by atoms with Gasteiger partial charge in [-0.1, -0.05) is 0 Å².